The Morgan fingerprint density at radius 3 is 2.30 bits per heavy atom. The lowest BCUT2D eigenvalue weighted by molar-refractivity contribution is -0.134. The van der Waals surface area contributed by atoms with Gasteiger partial charge in [0.25, 0.3) is 0 Å². The molecule has 3 aromatic carbocycles. The summed E-state index contributed by atoms with van der Waals surface area (Å²) in [5, 5.41) is 16.4. The second-order valence-corrected chi connectivity index (χ2v) is 14.0. The van der Waals surface area contributed by atoms with Gasteiger partial charge in [-0.25, -0.2) is 13.2 Å². The van der Waals surface area contributed by atoms with Crippen LogP contribution in [0.25, 0.3) is 0 Å². The van der Waals surface area contributed by atoms with Crippen molar-refractivity contribution >= 4 is 68.1 Å². The van der Waals surface area contributed by atoms with Crippen molar-refractivity contribution in [2.45, 2.75) is 37.3 Å². The van der Waals surface area contributed by atoms with Gasteiger partial charge in [0.15, 0.2) is 0 Å². The number of sulfonamides is 1. The normalized spacial score (nSPS) is 18.0. The Bertz CT molecular complexity index is 1600. The summed E-state index contributed by atoms with van der Waals surface area (Å²) in [5.74, 6) is -0.199. The molecule has 0 aromatic heterocycles. The largest absolute Gasteiger partial charge is 0.488 e. The van der Waals surface area contributed by atoms with E-state index in [4.69, 9.17) is 39.5 Å². The summed E-state index contributed by atoms with van der Waals surface area (Å²) >= 11 is 18.0. The van der Waals surface area contributed by atoms with Gasteiger partial charge in [-0.1, -0.05) is 41.7 Å². The van der Waals surface area contributed by atoms with Crippen LogP contribution >= 0.6 is 34.8 Å². The number of fused-ring (bicyclic) bond motifs is 1. The van der Waals surface area contributed by atoms with Gasteiger partial charge in [-0.3, -0.25) is 4.79 Å². The summed E-state index contributed by atoms with van der Waals surface area (Å²) in [7, 11) is -2.42. The van der Waals surface area contributed by atoms with Crippen LogP contribution in [0.1, 0.15) is 19.4 Å². The third kappa shape index (κ3) is 8.35. The first-order chi connectivity index (χ1) is 20.8. The summed E-state index contributed by atoms with van der Waals surface area (Å²) in [6.45, 7) is 3.55. The van der Waals surface area contributed by atoms with Crippen LogP contribution in [0.5, 0.6) is 5.75 Å². The Balaban J connectivity index is 1.61. The van der Waals surface area contributed by atoms with Gasteiger partial charge in [-0.05, 0) is 67.6 Å². The first kappa shape index (κ1) is 33.8. The number of ether oxygens (including phenoxy) is 1. The Morgan fingerprint density at radius 1 is 1.02 bits per heavy atom. The quantitative estimate of drug-likeness (QED) is 0.277. The SMILES string of the molecule is C[C@H]1CN([C@@H](C)CO)C(=O)Cc2cc(NC(=O)Nc3cc(Cl)cc(Cl)c3)ccc2O[C@H]1CN(C)S(=O)(=O)c1ccc(Cl)cc1. The molecule has 3 N–H and O–H groups in total. The van der Waals surface area contributed by atoms with Crippen LogP contribution in [0, 0.1) is 5.92 Å². The smallest absolute Gasteiger partial charge is 0.323 e. The molecule has 0 radical (unpaired) electrons. The topological polar surface area (TPSA) is 128 Å². The average Bonchev–Trinajstić information content (AvgIpc) is 2.99. The number of halogens is 3. The molecule has 0 saturated heterocycles. The first-order valence-corrected chi connectivity index (χ1v) is 16.3. The molecule has 0 fully saturated rings. The van der Waals surface area contributed by atoms with Gasteiger partial charge in [0.05, 0.1) is 30.5 Å². The van der Waals surface area contributed by atoms with Crippen molar-refractivity contribution in [2.24, 2.45) is 5.92 Å². The number of carbonyl (C=O) groups excluding carboxylic acids is 2. The van der Waals surface area contributed by atoms with Crippen LogP contribution in [0.15, 0.2) is 65.6 Å². The molecule has 44 heavy (non-hydrogen) atoms. The van der Waals surface area contributed by atoms with Crippen LogP contribution in [-0.4, -0.2) is 73.6 Å². The van der Waals surface area contributed by atoms with Crippen molar-refractivity contribution < 1.29 is 27.9 Å². The van der Waals surface area contributed by atoms with E-state index in [0.717, 1.165) is 0 Å². The van der Waals surface area contributed by atoms with E-state index in [1.165, 1.54) is 35.6 Å². The minimum atomic E-state index is -3.88. The molecule has 1 aliphatic heterocycles. The highest BCUT2D eigenvalue weighted by Gasteiger charge is 2.33. The number of nitrogens with one attached hydrogen (secondary N) is 2. The number of nitrogens with zero attached hydrogens (tertiary/aromatic N) is 2. The monoisotopic (exact) mass is 682 g/mol. The molecule has 236 valence electrons. The molecule has 0 spiro atoms. The lowest BCUT2D eigenvalue weighted by Gasteiger charge is -2.33. The van der Waals surface area contributed by atoms with Crippen molar-refractivity contribution in [1.29, 1.82) is 0 Å². The van der Waals surface area contributed by atoms with Crippen molar-refractivity contribution in [3.63, 3.8) is 0 Å². The van der Waals surface area contributed by atoms with Crippen LogP contribution in [0.4, 0.5) is 16.2 Å². The summed E-state index contributed by atoms with van der Waals surface area (Å²) in [6.07, 6.45) is -0.742. The van der Waals surface area contributed by atoms with Gasteiger partial charge in [0.1, 0.15) is 11.9 Å². The second kappa shape index (κ2) is 14.4. The molecular formula is C30H33Cl3N4O6S. The van der Waals surface area contributed by atoms with Crippen molar-refractivity contribution in [3.8, 4) is 5.75 Å². The Kier molecular flexibility index (Phi) is 11.0. The molecule has 0 bridgehead atoms. The lowest BCUT2D eigenvalue weighted by Crippen LogP contribution is -2.48. The number of amides is 3. The van der Waals surface area contributed by atoms with E-state index in [9.17, 15) is 23.1 Å². The fourth-order valence-corrected chi connectivity index (χ4v) is 6.62. The lowest BCUT2D eigenvalue weighted by atomic mass is 10.0. The molecule has 1 heterocycles. The van der Waals surface area contributed by atoms with Crippen molar-refractivity contribution in [1.82, 2.24) is 9.21 Å². The number of hydrogen-bond acceptors (Lipinski definition) is 6. The predicted octanol–water partition coefficient (Wildman–Crippen LogP) is 5.76. The zero-order chi connectivity index (χ0) is 32.2. The molecular weight excluding hydrogens is 651 g/mol. The number of rotatable bonds is 8. The van der Waals surface area contributed by atoms with E-state index >= 15 is 0 Å². The van der Waals surface area contributed by atoms with Gasteiger partial charge in [-0.15, -0.1) is 0 Å². The maximum absolute atomic E-state index is 13.5. The van der Waals surface area contributed by atoms with Crippen LogP contribution < -0.4 is 15.4 Å². The van der Waals surface area contributed by atoms with Gasteiger partial charge in [0.2, 0.25) is 15.9 Å². The van der Waals surface area contributed by atoms with E-state index in [1.807, 2.05) is 6.92 Å². The zero-order valence-electron chi connectivity index (χ0n) is 24.3. The fourth-order valence-electron chi connectivity index (χ4n) is 4.78. The number of carbonyl (C=O) groups is 2. The Labute approximate surface area is 271 Å². The molecule has 1 aliphatic rings. The number of likely N-dealkylation sites (N-methyl/N-ethyl adjacent to an activating group) is 1. The van der Waals surface area contributed by atoms with E-state index in [0.29, 0.717) is 37.8 Å². The minimum absolute atomic E-state index is 0.0221. The average molecular weight is 684 g/mol. The summed E-state index contributed by atoms with van der Waals surface area (Å²) in [4.78, 5) is 27.9. The highest BCUT2D eigenvalue weighted by atomic mass is 35.5. The summed E-state index contributed by atoms with van der Waals surface area (Å²) in [6, 6.07) is 14.4. The third-order valence-corrected chi connectivity index (χ3v) is 9.78. The standard InChI is InChI=1S/C30H33Cl3N4O6S/c1-18-15-37(19(2)17-38)29(39)11-20-10-24(34-30(40)35-25-13-22(32)12-23(33)14-25)6-9-27(20)43-28(18)16-36(3)44(41,42)26-7-4-21(31)5-8-26/h4-10,12-14,18-19,28,38H,11,15-17H2,1-3H3,(H2,34,35,40)/t18-,19-,28-/m0/s1. The molecule has 0 aliphatic carbocycles. The molecule has 3 amide bonds. The van der Waals surface area contributed by atoms with E-state index in [-0.39, 0.29) is 42.8 Å². The van der Waals surface area contributed by atoms with Crippen LogP contribution in [0.3, 0.4) is 0 Å². The second-order valence-electron chi connectivity index (χ2n) is 10.7. The zero-order valence-corrected chi connectivity index (χ0v) is 27.3. The number of anilines is 2. The van der Waals surface area contributed by atoms with Gasteiger partial charge in [-0.2, -0.15) is 4.31 Å². The fraction of sp³-hybridized carbons (Fsp3) is 0.333. The van der Waals surface area contributed by atoms with Crippen molar-refractivity contribution in [2.75, 3.05) is 37.4 Å². The highest BCUT2D eigenvalue weighted by molar-refractivity contribution is 7.89. The van der Waals surface area contributed by atoms with Crippen LogP contribution in [-0.2, 0) is 21.2 Å². The number of benzene rings is 3. The van der Waals surface area contributed by atoms with E-state index in [2.05, 4.69) is 10.6 Å². The maximum Gasteiger partial charge on any atom is 0.323 e. The number of urea groups is 1. The first-order valence-electron chi connectivity index (χ1n) is 13.7. The van der Waals surface area contributed by atoms with Gasteiger partial charge >= 0.3 is 6.03 Å². The van der Waals surface area contributed by atoms with E-state index < -0.39 is 28.2 Å². The van der Waals surface area contributed by atoms with Gasteiger partial charge in [0, 0.05) is 51.5 Å². The summed E-state index contributed by atoms with van der Waals surface area (Å²) in [5.41, 5.74) is 1.26. The Hall–Kier alpha value is -3.06. The molecule has 14 heteroatoms. The minimum Gasteiger partial charge on any atom is -0.488 e. The molecule has 10 nitrogen and oxygen atoms in total. The number of hydrogen-bond donors (Lipinski definition) is 3. The van der Waals surface area contributed by atoms with Crippen LogP contribution in [0.2, 0.25) is 15.1 Å². The highest BCUT2D eigenvalue weighted by Crippen LogP contribution is 2.30. The van der Waals surface area contributed by atoms with Crippen molar-refractivity contribution in [3.05, 3.63) is 81.3 Å². The molecule has 0 unspecified atom stereocenters. The van der Waals surface area contributed by atoms with E-state index in [1.54, 1.807) is 48.2 Å². The molecule has 3 atom stereocenters. The molecule has 4 rings (SSSR count). The summed E-state index contributed by atoms with van der Waals surface area (Å²) < 4.78 is 34.3. The third-order valence-electron chi connectivity index (χ3n) is 7.25. The number of aliphatic hydroxyl groups excluding tert-OH is 1. The maximum atomic E-state index is 13.5. The number of aliphatic hydroxyl groups is 1. The molecule has 3 aromatic rings. The molecule has 0 saturated carbocycles. The Morgan fingerprint density at radius 2 is 1.66 bits per heavy atom. The van der Waals surface area contributed by atoms with Gasteiger partial charge < -0.3 is 25.4 Å². The predicted molar refractivity (Wildman–Crippen MR) is 172 cm³/mol.